The fourth-order valence-corrected chi connectivity index (χ4v) is 2.79. The fourth-order valence-electron chi connectivity index (χ4n) is 2.79. The number of piperidine rings is 1. The van der Waals surface area contributed by atoms with Crippen molar-refractivity contribution < 1.29 is 4.79 Å². The van der Waals surface area contributed by atoms with Gasteiger partial charge in [-0.15, -0.1) is 0 Å². The molecular weight excluding hydrogens is 248 g/mol. The van der Waals surface area contributed by atoms with Gasteiger partial charge in [0.05, 0.1) is 11.1 Å². The van der Waals surface area contributed by atoms with Crippen LogP contribution in [0.1, 0.15) is 37.0 Å². The zero-order valence-electron chi connectivity index (χ0n) is 12.1. The number of hydrogen-bond acceptors (Lipinski definition) is 3. The molecule has 104 valence electrons. The summed E-state index contributed by atoms with van der Waals surface area (Å²) < 4.78 is 0. The molecule has 0 amide bonds. The van der Waals surface area contributed by atoms with E-state index in [-0.39, 0.29) is 0 Å². The van der Waals surface area contributed by atoms with E-state index >= 15 is 0 Å². The van der Waals surface area contributed by atoms with Crippen molar-refractivity contribution in [3.8, 4) is 0 Å². The van der Waals surface area contributed by atoms with Crippen LogP contribution in [-0.4, -0.2) is 24.4 Å². The van der Waals surface area contributed by atoms with E-state index in [0.717, 1.165) is 48.9 Å². The summed E-state index contributed by atoms with van der Waals surface area (Å²) in [5, 5.41) is 1.02. The van der Waals surface area contributed by atoms with Gasteiger partial charge in [0.15, 0.2) is 6.29 Å². The maximum absolute atomic E-state index is 11.4. The number of aldehydes is 1. The number of fused-ring (bicyclic) bond motifs is 1. The quantitative estimate of drug-likeness (QED) is 0.779. The molecule has 3 nitrogen and oxygen atoms in total. The van der Waals surface area contributed by atoms with Crippen molar-refractivity contribution in [3.63, 3.8) is 0 Å². The summed E-state index contributed by atoms with van der Waals surface area (Å²) in [7, 11) is 0. The molecule has 1 aromatic carbocycles. The second kappa shape index (κ2) is 4.89. The van der Waals surface area contributed by atoms with Crippen molar-refractivity contribution in [1.29, 1.82) is 0 Å². The molecule has 0 bridgehead atoms. The van der Waals surface area contributed by atoms with Crippen LogP contribution in [0.3, 0.4) is 0 Å². The Morgan fingerprint density at radius 2 is 1.90 bits per heavy atom. The Morgan fingerprint density at radius 3 is 2.60 bits per heavy atom. The van der Waals surface area contributed by atoms with Crippen LogP contribution in [0.25, 0.3) is 10.9 Å². The second-order valence-electron chi connectivity index (χ2n) is 6.36. The van der Waals surface area contributed by atoms with Crippen molar-refractivity contribution in [2.45, 2.75) is 26.7 Å². The normalized spacial score (nSPS) is 18.2. The molecule has 1 aromatic heterocycles. The topological polar surface area (TPSA) is 33.2 Å². The summed E-state index contributed by atoms with van der Waals surface area (Å²) in [5.74, 6) is 0.842. The highest BCUT2D eigenvalue weighted by Gasteiger charge is 2.27. The van der Waals surface area contributed by atoms with Gasteiger partial charge >= 0.3 is 0 Å². The molecule has 1 saturated heterocycles. The molecule has 2 heterocycles. The standard InChI is InChI=1S/C17H20N2O/c1-17(2)7-9-19(10-8-17)16-14(12-20)11-13-5-3-4-6-15(13)18-16/h3-6,11-12H,7-10H2,1-2H3. The van der Waals surface area contributed by atoms with Crippen molar-refractivity contribution in [1.82, 2.24) is 4.98 Å². The number of pyridine rings is 1. The first-order valence-electron chi connectivity index (χ1n) is 7.19. The van der Waals surface area contributed by atoms with E-state index in [1.54, 1.807) is 0 Å². The Kier molecular flexibility index (Phi) is 3.20. The zero-order chi connectivity index (χ0) is 14.2. The molecular formula is C17H20N2O. The van der Waals surface area contributed by atoms with Gasteiger partial charge in [0.1, 0.15) is 5.82 Å². The number of rotatable bonds is 2. The Morgan fingerprint density at radius 1 is 1.20 bits per heavy atom. The van der Waals surface area contributed by atoms with Crippen LogP contribution >= 0.6 is 0 Å². The minimum atomic E-state index is 0.398. The van der Waals surface area contributed by atoms with Crippen LogP contribution in [-0.2, 0) is 0 Å². The lowest BCUT2D eigenvalue weighted by Gasteiger charge is -2.38. The van der Waals surface area contributed by atoms with Crippen LogP contribution in [0.2, 0.25) is 0 Å². The third-order valence-corrected chi connectivity index (χ3v) is 4.28. The summed E-state index contributed by atoms with van der Waals surface area (Å²) >= 11 is 0. The third-order valence-electron chi connectivity index (χ3n) is 4.28. The highest BCUT2D eigenvalue weighted by Crippen LogP contribution is 2.33. The van der Waals surface area contributed by atoms with Gasteiger partial charge in [0, 0.05) is 18.5 Å². The fraction of sp³-hybridized carbons (Fsp3) is 0.412. The van der Waals surface area contributed by atoms with E-state index in [0.29, 0.717) is 11.0 Å². The average Bonchev–Trinajstić information content (AvgIpc) is 2.46. The number of aromatic nitrogens is 1. The highest BCUT2D eigenvalue weighted by molar-refractivity contribution is 5.91. The van der Waals surface area contributed by atoms with Gasteiger partial charge in [-0.25, -0.2) is 4.98 Å². The highest BCUT2D eigenvalue weighted by atomic mass is 16.1. The van der Waals surface area contributed by atoms with Crippen LogP contribution < -0.4 is 4.90 Å². The summed E-state index contributed by atoms with van der Waals surface area (Å²) in [5.41, 5.74) is 2.05. The number of carbonyl (C=O) groups excluding carboxylic acids is 1. The molecule has 2 aromatic rings. The minimum Gasteiger partial charge on any atom is -0.356 e. The first kappa shape index (κ1) is 13.1. The molecule has 0 saturated carbocycles. The molecule has 0 unspecified atom stereocenters. The van der Waals surface area contributed by atoms with Crippen molar-refractivity contribution in [2.75, 3.05) is 18.0 Å². The van der Waals surface area contributed by atoms with Crippen molar-refractivity contribution >= 4 is 23.0 Å². The predicted molar refractivity (Wildman–Crippen MR) is 82.4 cm³/mol. The summed E-state index contributed by atoms with van der Waals surface area (Å²) in [6.45, 7) is 6.55. The molecule has 0 radical (unpaired) electrons. The number of hydrogen-bond donors (Lipinski definition) is 0. The zero-order valence-corrected chi connectivity index (χ0v) is 12.1. The van der Waals surface area contributed by atoms with E-state index in [9.17, 15) is 4.79 Å². The Balaban J connectivity index is 2.00. The van der Waals surface area contributed by atoms with Gasteiger partial charge in [0.25, 0.3) is 0 Å². The first-order chi connectivity index (χ1) is 9.59. The largest absolute Gasteiger partial charge is 0.356 e. The average molecular weight is 268 g/mol. The van der Waals surface area contributed by atoms with Crippen LogP contribution in [0, 0.1) is 5.41 Å². The predicted octanol–water partition coefficient (Wildman–Crippen LogP) is 3.67. The number of nitrogens with zero attached hydrogens (tertiary/aromatic N) is 2. The van der Waals surface area contributed by atoms with Crippen LogP contribution in [0.4, 0.5) is 5.82 Å². The molecule has 0 N–H and O–H groups in total. The van der Waals surface area contributed by atoms with Gasteiger partial charge in [-0.3, -0.25) is 4.79 Å². The maximum atomic E-state index is 11.4. The van der Waals surface area contributed by atoms with Gasteiger partial charge in [-0.05, 0) is 30.4 Å². The SMILES string of the molecule is CC1(C)CCN(c2nc3ccccc3cc2C=O)CC1. The molecule has 1 aliphatic rings. The number of benzene rings is 1. The van der Waals surface area contributed by atoms with Crippen LogP contribution in [0.5, 0.6) is 0 Å². The van der Waals surface area contributed by atoms with Crippen molar-refractivity contribution in [3.05, 3.63) is 35.9 Å². The second-order valence-corrected chi connectivity index (χ2v) is 6.36. The minimum absolute atomic E-state index is 0.398. The Bertz CT molecular complexity index is 638. The number of carbonyl (C=O) groups is 1. The van der Waals surface area contributed by atoms with E-state index in [1.165, 1.54) is 0 Å². The van der Waals surface area contributed by atoms with Gasteiger partial charge in [-0.2, -0.15) is 0 Å². The molecule has 3 rings (SSSR count). The molecule has 3 heteroatoms. The molecule has 0 atom stereocenters. The molecule has 20 heavy (non-hydrogen) atoms. The smallest absolute Gasteiger partial charge is 0.153 e. The number of anilines is 1. The molecule has 1 aliphatic heterocycles. The Labute approximate surface area is 119 Å². The number of para-hydroxylation sites is 1. The lowest BCUT2D eigenvalue weighted by Crippen LogP contribution is -2.38. The Hall–Kier alpha value is -1.90. The van der Waals surface area contributed by atoms with E-state index in [4.69, 9.17) is 4.98 Å². The van der Waals surface area contributed by atoms with Gasteiger partial charge in [0.2, 0.25) is 0 Å². The monoisotopic (exact) mass is 268 g/mol. The molecule has 0 spiro atoms. The van der Waals surface area contributed by atoms with Gasteiger partial charge < -0.3 is 4.90 Å². The summed E-state index contributed by atoms with van der Waals surface area (Å²) in [6.07, 6.45) is 3.20. The third kappa shape index (κ3) is 2.40. The first-order valence-corrected chi connectivity index (χ1v) is 7.19. The van der Waals surface area contributed by atoms with E-state index < -0.39 is 0 Å². The molecule has 0 aliphatic carbocycles. The lowest BCUT2D eigenvalue weighted by atomic mass is 9.82. The summed E-state index contributed by atoms with van der Waals surface area (Å²) in [6, 6.07) is 9.91. The summed E-state index contributed by atoms with van der Waals surface area (Å²) in [4.78, 5) is 18.3. The van der Waals surface area contributed by atoms with Crippen molar-refractivity contribution in [2.24, 2.45) is 5.41 Å². The lowest BCUT2D eigenvalue weighted by molar-refractivity contribution is 0.112. The van der Waals surface area contributed by atoms with E-state index in [1.807, 2.05) is 30.3 Å². The maximum Gasteiger partial charge on any atom is 0.153 e. The van der Waals surface area contributed by atoms with Crippen LogP contribution in [0.15, 0.2) is 30.3 Å². The molecule has 1 fully saturated rings. The van der Waals surface area contributed by atoms with Gasteiger partial charge in [-0.1, -0.05) is 32.0 Å². The van der Waals surface area contributed by atoms with E-state index in [2.05, 4.69) is 18.7 Å².